The number of rotatable bonds is 2. The van der Waals surface area contributed by atoms with Crippen LogP contribution >= 0.6 is 0 Å². The molecule has 32 heavy (non-hydrogen) atoms. The van der Waals surface area contributed by atoms with Crippen LogP contribution in [0.15, 0.2) is 12.2 Å². The van der Waals surface area contributed by atoms with Gasteiger partial charge in [-0.15, -0.1) is 0 Å². The molecule has 178 valence electrons. The minimum Gasteiger partial charge on any atom is -0.479 e. The fraction of sp³-hybridized carbons (Fsp3) is 0.739. The van der Waals surface area contributed by atoms with Gasteiger partial charge in [0.2, 0.25) is 11.8 Å². The van der Waals surface area contributed by atoms with Crippen LogP contribution in [0.3, 0.4) is 0 Å². The number of hydrogen-bond acceptors (Lipinski definition) is 5. The number of carboxylic acids is 1. The van der Waals surface area contributed by atoms with Gasteiger partial charge in [0.05, 0.1) is 0 Å². The summed E-state index contributed by atoms with van der Waals surface area (Å²) < 4.78 is 5.33. The maximum atomic E-state index is 13.4. The molecule has 4 atom stereocenters. The molecule has 0 aromatic rings. The normalized spacial score (nSPS) is 32.5. The van der Waals surface area contributed by atoms with E-state index in [1.54, 1.807) is 20.8 Å². The molecule has 1 saturated heterocycles. The maximum Gasteiger partial charge on any atom is 0.408 e. The number of carbonyl (C=O) groups excluding carboxylic acids is 3. The first-order valence-corrected chi connectivity index (χ1v) is 11.6. The van der Waals surface area contributed by atoms with E-state index in [4.69, 9.17) is 4.74 Å². The number of carboxylic acid groups (broad SMARTS) is 1. The van der Waals surface area contributed by atoms with Crippen molar-refractivity contribution in [2.45, 2.75) is 95.4 Å². The number of ether oxygens (including phenoxy) is 1. The van der Waals surface area contributed by atoms with Crippen LogP contribution in [-0.4, -0.2) is 63.7 Å². The van der Waals surface area contributed by atoms with E-state index in [1.165, 1.54) is 4.90 Å². The quantitative estimate of drug-likeness (QED) is 0.556. The number of carbonyl (C=O) groups is 4. The number of alkyl carbamates (subject to hydrolysis) is 1. The number of hydrogen-bond donors (Lipinski definition) is 3. The summed E-state index contributed by atoms with van der Waals surface area (Å²) in [7, 11) is 0. The van der Waals surface area contributed by atoms with Crippen molar-refractivity contribution in [1.29, 1.82) is 0 Å². The molecule has 0 aromatic heterocycles. The third-order valence-electron chi connectivity index (χ3n) is 6.30. The Balaban J connectivity index is 1.79. The predicted octanol–water partition coefficient (Wildman–Crippen LogP) is 2.35. The highest BCUT2D eigenvalue weighted by atomic mass is 16.6. The number of fused-ring (bicyclic) bond motifs is 2. The smallest absolute Gasteiger partial charge is 0.408 e. The van der Waals surface area contributed by atoms with Crippen LogP contribution in [0.25, 0.3) is 0 Å². The van der Waals surface area contributed by atoms with Crippen LogP contribution in [0.1, 0.15) is 72.1 Å². The molecule has 9 nitrogen and oxygen atoms in total. The number of allylic oxidation sites excluding steroid dienone is 1. The molecule has 1 aliphatic carbocycles. The van der Waals surface area contributed by atoms with E-state index >= 15 is 0 Å². The zero-order valence-electron chi connectivity index (χ0n) is 19.2. The first-order chi connectivity index (χ1) is 15.0. The lowest BCUT2D eigenvalue weighted by molar-refractivity contribution is -0.145. The van der Waals surface area contributed by atoms with E-state index in [0.29, 0.717) is 32.2 Å². The van der Waals surface area contributed by atoms with E-state index < -0.39 is 41.2 Å². The van der Waals surface area contributed by atoms with Crippen LogP contribution in [0.5, 0.6) is 0 Å². The van der Waals surface area contributed by atoms with Crippen molar-refractivity contribution >= 4 is 23.9 Å². The number of amides is 3. The van der Waals surface area contributed by atoms with Gasteiger partial charge < -0.3 is 25.4 Å². The molecule has 3 amide bonds. The number of aliphatic carboxylic acids is 1. The summed E-state index contributed by atoms with van der Waals surface area (Å²) in [5.41, 5.74) is -1.99. The van der Waals surface area contributed by atoms with Crippen molar-refractivity contribution < 1.29 is 29.0 Å². The van der Waals surface area contributed by atoms with Crippen molar-refractivity contribution in [1.82, 2.24) is 15.5 Å². The van der Waals surface area contributed by atoms with Crippen LogP contribution < -0.4 is 10.6 Å². The van der Waals surface area contributed by atoms with Crippen LogP contribution in [0, 0.1) is 5.92 Å². The second kappa shape index (κ2) is 9.50. The molecular formula is C23H35N3O6. The first kappa shape index (κ1) is 24.1. The van der Waals surface area contributed by atoms with Crippen molar-refractivity contribution in [3.05, 3.63) is 12.2 Å². The summed E-state index contributed by atoms with van der Waals surface area (Å²) >= 11 is 0. The predicted molar refractivity (Wildman–Crippen MR) is 117 cm³/mol. The van der Waals surface area contributed by atoms with Crippen LogP contribution in [0.4, 0.5) is 4.79 Å². The lowest BCUT2D eigenvalue weighted by Crippen LogP contribution is -2.56. The summed E-state index contributed by atoms with van der Waals surface area (Å²) in [6.07, 6.45) is 8.43. The zero-order chi connectivity index (χ0) is 23.5. The lowest BCUT2D eigenvalue weighted by Gasteiger charge is -2.30. The van der Waals surface area contributed by atoms with Gasteiger partial charge in [-0.1, -0.05) is 25.0 Å². The topological polar surface area (TPSA) is 125 Å². The molecular weight excluding hydrogens is 414 g/mol. The molecule has 4 unspecified atom stereocenters. The van der Waals surface area contributed by atoms with Crippen molar-refractivity contribution in [2.75, 3.05) is 6.54 Å². The Bertz CT molecular complexity index is 789. The fourth-order valence-corrected chi connectivity index (χ4v) is 4.52. The average molecular weight is 450 g/mol. The molecule has 0 spiro atoms. The summed E-state index contributed by atoms with van der Waals surface area (Å²) in [6.45, 7) is 5.65. The zero-order valence-corrected chi connectivity index (χ0v) is 19.2. The summed E-state index contributed by atoms with van der Waals surface area (Å²) in [6, 6.07) is -1.53. The Labute approximate surface area is 188 Å². The summed E-state index contributed by atoms with van der Waals surface area (Å²) in [5.74, 6) is -2.05. The third kappa shape index (κ3) is 5.61. The van der Waals surface area contributed by atoms with E-state index in [9.17, 15) is 24.3 Å². The largest absolute Gasteiger partial charge is 0.479 e. The van der Waals surface area contributed by atoms with E-state index in [1.807, 2.05) is 12.2 Å². The van der Waals surface area contributed by atoms with E-state index in [-0.39, 0.29) is 11.8 Å². The third-order valence-corrected chi connectivity index (χ3v) is 6.30. The monoisotopic (exact) mass is 449 g/mol. The fourth-order valence-electron chi connectivity index (χ4n) is 4.52. The molecule has 0 aromatic carbocycles. The Morgan fingerprint density at radius 1 is 1.19 bits per heavy atom. The van der Waals surface area contributed by atoms with Gasteiger partial charge in [0, 0.05) is 12.5 Å². The first-order valence-electron chi connectivity index (χ1n) is 11.6. The Morgan fingerprint density at radius 3 is 2.62 bits per heavy atom. The van der Waals surface area contributed by atoms with Crippen LogP contribution in [0.2, 0.25) is 0 Å². The van der Waals surface area contributed by atoms with Gasteiger partial charge in [-0.05, 0) is 59.3 Å². The van der Waals surface area contributed by atoms with Gasteiger partial charge in [-0.3, -0.25) is 9.59 Å². The molecule has 2 heterocycles. The SMILES string of the molecule is CC(C)(C)OC(=O)NC1CCCCC/C=C/C2CC2(C(=O)O)NC(=O)C2CCCN2C1=O. The van der Waals surface area contributed by atoms with Crippen molar-refractivity contribution in [3.63, 3.8) is 0 Å². The molecule has 2 fully saturated rings. The Hall–Kier alpha value is -2.58. The summed E-state index contributed by atoms with van der Waals surface area (Å²) in [4.78, 5) is 52.2. The molecule has 9 heteroatoms. The van der Waals surface area contributed by atoms with Crippen molar-refractivity contribution in [3.8, 4) is 0 Å². The minimum absolute atomic E-state index is 0.235. The van der Waals surface area contributed by atoms with Crippen LogP contribution in [-0.2, 0) is 19.1 Å². The molecule has 3 N–H and O–H groups in total. The average Bonchev–Trinajstić information content (AvgIpc) is 3.16. The molecule has 3 aliphatic rings. The van der Waals surface area contributed by atoms with Crippen molar-refractivity contribution in [2.24, 2.45) is 5.92 Å². The maximum absolute atomic E-state index is 13.4. The van der Waals surface area contributed by atoms with Gasteiger partial charge in [-0.2, -0.15) is 0 Å². The second-order valence-electron chi connectivity index (χ2n) is 10.0. The van der Waals surface area contributed by atoms with Gasteiger partial charge >= 0.3 is 12.1 Å². The standard InChI is InChI=1S/C23H35N3O6/c1-22(2,3)32-21(31)24-16-11-8-6-4-5-7-10-15-14-23(15,20(29)30)25-18(27)17-12-9-13-26(17)19(16)28/h7,10,15-17H,4-6,8-9,11-14H2,1-3H3,(H,24,31)(H,25,27)(H,29,30)/b10-7+. The molecule has 0 radical (unpaired) electrons. The van der Waals surface area contributed by atoms with Gasteiger partial charge in [0.1, 0.15) is 23.2 Å². The molecule has 3 rings (SSSR count). The second-order valence-corrected chi connectivity index (χ2v) is 10.0. The Morgan fingerprint density at radius 2 is 1.94 bits per heavy atom. The number of nitrogens with one attached hydrogen (secondary N) is 2. The highest BCUT2D eigenvalue weighted by Crippen LogP contribution is 2.45. The molecule has 0 bridgehead atoms. The summed E-state index contributed by atoms with van der Waals surface area (Å²) in [5, 5.41) is 15.2. The van der Waals surface area contributed by atoms with E-state index in [0.717, 1.165) is 25.7 Å². The Kier molecular flexibility index (Phi) is 7.15. The lowest BCUT2D eigenvalue weighted by atomic mass is 10.0. The molecule has 2 aliphatic heterocycles. The van der Waals surface area contributed by atoms with Gasteiger partial charge in [0.25, 0.3) is 0 Å². The highest BCUT2D eigenvalue weighted by Gasteiger charge is 2.61. The van der Waals surface area contributed by atoms with Gasteiger partial charge in [-0.25, -0.2) is 9.59 Å². The highest BCUT2D eigenvalue weighted by molar-refractivity contribution is 5.96. The number of nitrogens with zero attached hydrogens (tertiary/aromatic N) is 1. The van der Waals surface area contributed by atoms with E-state index in [2.05, 4.69) is 10.6 Å². The van der Waals surface area contributed by atoms with Gasteiger partial charge in [0.15, 0.2) is 0 Å². The minimum atomic E-state index is -1.29. The molecule has 1 saturated carbocycles.